The van der Waals surface area contributed by atoms with Gasteiger partial charge in [-0.1, -0.05) is 0 Å². The number of carbonyl (C=O) groups is 2. The average molecular weight is 288 g/mol. The number of carboxylic acid groups (broad SMARTS) is 1. The van der Waals surface area contributed by atoms with Gasteiger partial charge in [0.2, 0.25) is 0 Å². The number of benzene rings is 2. The zero-order valence-corrected chi connectivity index (χ0v) is 11.3. The lowest BCUT2D eigenvalue weighted by molar-refractivity contribution is 0.0696. The molecule has 0 aliphatic heterocycles. The third kappa shape index (κ3) is 3.66. The Labute approximate surface area is 120 Å². The molecule has 0 saturated carbocycles. The molecule has 0 bridgehead atoms. The summed E-state index contributed by atoms with van der Waals surface area (Å²) in [7, 11) is 0. The van der Waals surface area contributed by atoms with Gasteiger partial charge in [0.25, 0.3) is 0 Å². The molecule has 0 aliphatic carbocycles. The van der Waals surface area contributed by atoms with Crippen LogP contribution in [0.3, 0.4) is 0 Å². The molecule has 0 amide bonds. The Morgan fingerprint density at radius 3 is 2.29 bits per heavy atom. The fourth-order valence-electron chi connectivity index (χ4n) is 1.81. The van der Waals surface area contributed by atoms with Crippen molar-refractivity contribution in [1.29, 1.82) is 0 Å². The highest BCUT2D eigenvalue weighted by Gasteiger charge is 2.10. The predicted octanol–water partition coefficient (Wildman–Crippen LogP) is 3.09. The molecule has 2 aromatic carbocycles. The fourth-order valence-corrected chi connectivity index (χ4v) is 1.81. The highest BCUT2D eigenvalue weighted by molar-refractivity contribution is 5.97. The van der Waals surface area contributed by atoms with Gasteiger partial charge in [-0.05, 0) is 55.0 Å². The van der Waals surface area contributed by atoms with E-state index in [1.165, 1.54) is 42.5 Å². The first-order valence-electron chi connectivity index (χ1n) is 6.23. The number of hydrogen-bond acceptors (Lipinski definition) is 3. The Balaban J connectivity index is 2.04. The molecule has 0 heterocycles. The lowest BCUT2D eigenvalue weighted by atomic mass is 10.1. The van der Waals surface area contributed by atoms with E-state index in [-0.39, 0.29) is 18.0 Å². The van der Waals surface area contributed by atoms with E-state index >= 15 is 0 Å². The first-order valence-corrected chi connectivity index (χ1v) is 6.23. The Kier molecular flexibility index (Phi) is 4.33. The molecule has 0 atom stereocenters. The number of carbonyl (C=O) groups excluding carboxylic acids is 1. The standard InChI is InChI=1S/C16H13FO4/c1-10-8-12(16(19)20)4-7-15(10)21-9-14(18)11-2-5-13(17)6-3-11/h2-8H,9H2,1H3,(H,19,20). The van der Waals surface area contributed by atoms with E-state index in [2.05, 4.69) is 0 Å². The summed E-state index contributed by atoms with van der Waals surface area (Å²) in [5, 5.41) is 8.86. The summed E-state index contributed by atoms with van der Waals surface area (Å²) in [5.74, 6) is -1.27. The van der Waals surface area contributed by atoms with E-state index in [0.717, 1.165) is 0 Å². The van der Waals surface area contributed by atoms with Gasteiger partial charge in [0.05, 0.1) is 5.56 Å². The van der Waals surface area contributed by atoms with E-state index in [1.54, 1.807) is 6.92 Å². The van der Waals surface area contributed by atoms with E-state index in [9.17, 15) is 14.0 Å². The van der Waals surface area contributed by atoms with E-state index in [0.29, 0.717) is 16.9 Å². The summed E-state index contributed by atoms with van der Waals surface area (Å²) in [5.41, 5.74) is 1.14. The third-order valence-corrected chi connectivity index (χ3v) is 2.95. The molecule has 21 heavy (non-hydrogen) atoms. The Hall–Kier alpha value is -2.69. The van der Waals surface area contributed by atoms with E-state index in [4.69, 9.17) is 9.84 Å². The number of hydrogen-bond donors (Lipinski definition) is 1. The van der Waals surface area contributed by atoms with Crippen LogP contribution in [-0.2, 0) is 0 Å². The normalized spacial score (nSPS) is 10.2. The molecule has 0 saturated heterocycles. The van der Waals surface area contributed by atoms with Crippen molar-refractivity contribution in [2.45, 2.75) is 6.92 Å². The van der Waals surface area contributed by atoms with Gasteiger partial charge in [0.15, 0.2) is 12.4 Å². The van der Waals surface area contributed by atoms with Crippen LogP contribution in [0.5, 0.6) is 5.75 Å². The van der Waals surface area contributed by atoms with Crippen LogP contribution in [0, 0.1) is 12.7 Å². The summed E-state index contributed by atoms with van der Waals surface area (Å²) in [6.45, 7) is 1.50. The lowest BCUT2D eigenvalue weighted by Gasteiger charge is -2.09. The lowest BCUT2D eigenvalue weighted by Crippen LogP contribution is -2.12. The largest absolute Gasteiger partial charge is 0.485 e. The molecule has 0 aliphatic rings. The van der Waals surface area contributed by atoms with Crippen LogP contribution in [0.4, 0.5) is 4.39 Å². The van der Waals surface area contributed by atoms with Crippen LogP contribution in [0.1, 0.15) is 26.3 Å². The molecule has 1 N–H and O–H groups in total. The van der Waals surface area contributed by atoms with Crippen LogP contribution < -0.4 is 4.74 Å². The Morgan fingerprint density at radius 1 is 1.10 bits per heavy atom. The Bertz CT molecular complexity index is 677. The van der Waals surface area contributed by atoms with Crippen molar-refractivity contribution >= 4 is 11.8 Å². The minimum absolute atomic E-state index is 0.157. The van der Waals surface area contributed by atoms with Crippen molar-refractivity contribution in [2.75, 3.05) is 6.61 Å². The molecule has 0 aromatic heterocycles. The van der Waals surface area contributed by atoms with Gasteiger partial charge < -0.3 is 9.84 Å². The van der Waals surface area contributed by atoms with Crippen LogP contribution in [0.25, 0.3) is 0 Å². The summed E-state index contributed by atoms with van der Waals surface area (Å²) >= 11 is 0. The van der Waals surface area contributed by atoms with Gasteiger partial charge in [-0.15, -0.1) is 0 Å². The molecule has 2 aromatic rings. The Morgan fingerprint density at radius 2 is 1.71 bits per heavy atom. The molecule has 0 radical (unpaired) electrons. The molecule has 2 rings (SSSR count). The maximum absolute atomic E-state index is 12.8. The maximum atomic E-state index is 12.8. The third-order valence-electron chi connectivity index (χ3n) is 2.95. The van der Waals surface area contributed by atoms with Gasteiger partial charge >= 0.3 is 5.97 Å². The summed E-state index contributed by atoms with van der Waals surface area (Å²) < 4.78 is 18.1. The number of carboxylic acids is 1. The maximum Gasteiger partial charge on any atom is 0.335 e. The summed E-state index contributed by atoms with van der Waals surface area (Å²) in [6.07, 6.45) is 0. The van der Waals surface area contributed by atoms with Crippen molar-refractivity contribution in [1.82, 2.24) is 0 Å². The second-order valence-electron chi connectivity index (χ2n) is 4.50. The van der Waals surface area contributed by atoms with Crippen molar-refractivity contribution < 1.29 is 23.8 Å². The molecular formula is C16H13FO4. The van der Waals surface area contributed by atoms with Gasteiger partial charge in [-0.2, -0.15) is 0 Å². The second kappa shape index (κ2) is 6.17. The van der Waals surface area contributed by atoms with Crippen molar-refractivity contribution in [2.24, 2.45) is 0 Å². The number of aryl methyl sites for hydroxylation is 1. The number of ketones is 1. The zero-order chi connectivity index (χ0) is 15.4. The SMILES string of the molecule is Cc1cc(C(=O)O)ccc1OCC(=O)c1ccc(F)cc1. The van der Waals surface area contributed by atoms with Crippen LogP contribution in [0.2, 0.25) is 0 Å². The quantitative estimate of drug-likeness (QED) is 0.859. The first kappa shape index (κ1) is 14.7. The van der Waals surface area contributed by atoms with Crippen molar-refractivity contribution in [3.8, 4) is 5.75 Å². The highest BCUT2D eigenvalue weighted by Crippen LogP contribution is 2.19. The molecule has 108 valence electrons. The van der Waals surface area contributed by atoms with Gasteiger partial charge in [0, 0.05) is 5.56 Å². The number of ether oxygens (including phenoxy) is 1. The van der Waals surface area contributed by atoms with Gasteiger partial charge in [0.1, 0.15) is 11.6 Å². The van der Waals surface area contributed by atoms with Gasteiger partial charge in [-0.3, -0.25) is 4.79 Å². The summed E-state index contributed by atoms with van der Waals surface area (Å²) in [6, 6.07) is 9.59. The number of rotatable bonds is 5. The molecule has 0 spiro atoms. The topological polar surface area (TPSA) is 63.6 Å². The van der Waals surface area contributed by atoms with Crippen LogP contribution in [-0.4, -0.2) is 23.5 Å². The molecule has 0 fully saturated rings. The molecule has 4 nitrogen and oxygen atoms in total. The van der Waals surface area contributed by atoms with Crippen LogP contribution in [0.15, 0.2) is 42.5 Å². The monoisotopic (exact) mass is 288 g/mol. The minimum Gasteiger partial charge on any atom is -0.485 e. The smallest absolute Gasteiger partial charge is 0.335 e. The predicted molar refractivity (Wildman–Crippen MR) is 74.4 cm³/mol. The fraction of sp³-hybridized carbons (Fsp3) is 0.125. The molecular weight excluding hydrogens is 275 g/mol. The minimum atomic E-state index is -1.02. The van der Waals surface area contributed by atoms with Gasteiger partial charge in [-0.25, -0.2) is 9.18 Å². The molecule has 0 unspecified atom stereocenters. The van der Waals surface area contributed by atoms with Crippen molar-refractivity contribution in [3.63, 3.8) is 0 Å². The molecule has 5 heteroatoms. The first-order chi connectivity index (χ1) is 9.97. The van der Waals surface area contributed by atoms with Crippen molar-refractivity contribution in [3.05, 3.63) is 65.0 Å². The number of aromatic carboxylic acids is 1. The summed E-state index contributed by atoms with van der Waals surface area (Å²) in [4.78, 5) is 22.7. The highest BCUT2D eigenvalue weighted by atomic mass is 19.1. The average Bonchev–Trinajstić information content (AvgIpc) is 2.46. The number of Topliss-reactive ketones (excluding diaryl/α,β-unsaturated/α-hetero) is 1. The number of halogens is 1. The van der Waals surface area contributed by atoms with E-state index < -0.39 is 11.8 Å². The van der Waals surface area contributed by atoms with E-state index in [1.807, 2.05) is 0 Å². The van der Waals surface area contributed by atoms with Crippen LogP contribution >= 0.6 is 0 Å². The zero-order valence-electron chi connectivity index (χ0n) is 11.3. The second-order valence-corrected chi connectivity index (χ2v) is 4.50.